The summed E-state index contributed by atoms with van der Waals surface area (Å²) in [6.45, 7) is 4.31. The minimum absolute atomic E-state index is 0.0223. The molecule has 0 saturated heterocycles. The third-order valence-corrected chi connectivity index (χ3v) is 2.69. The number of amides is 1. The van der Waals surface area contributed by atoms with Gasteiger partial charge in [-0.1, -0.05) is 12.1 Å². The summed E-state index contributed by atoms with van der Waals surface area (Å²) < 4.78 is 10.0. The van der Waals surface area contributed by atoms with Crippen LogP contribution in [0.15, 0.2) is 27.5 Å². The van der Waals surface area contributed by atoms with Crippen LogP contribution in [0.1, 0.15) is 19.2 Å². The number of carbonyl (C=O) groups is 1. The summed E-state index contributed by atoms with van der Waals surface area (Å²) in [5.74, 6) is 0.898. The van der Waals surface area contributed by atoms with Crippen LogP contribution >= 0.6 is 0 Å². The Morgan fingerprint density at radius 3 is 3.05 bits per heavy atom. The van der Waals surface area contributed by atoms with Gasteiger partial charge < -0.3 is 19.6 Å². The molecule has 0 bridgehead atoms. The molecule has 0 spiro atoms. The molecule has 0 unspecified atom stereocenters. The van der Waals surface area contributed by atoms with Gasteiger partial charge in [-0.2, -0.15) is 4.98 Å². The summed E-state index contributed by atoms with van der Waals surface area (Å²) >= 11 is 0. The van der Waals surface area contributed by atoms with Crippen LogP contribution in [0, 0.1) is 0 Å². The van der Waals surface area contributed by atoms with Gasteiger partial charge in [0.05, 0.1) is 11.8 Å². The van der Waals surface area contributed by atoms with Crippen molar-refractivity contribution in [1.82, 2.24) is 20.8 Å². The molecule has 2 rings (SSSR count). The Morgan fingerprint density at radius 2 is 2.30 bits per heavy atom. The lowest BCUT2D eigenvalue weighted by molar-refractivity contribution is -0.121. The Bertz CT molecular complexity index is 521. The highest BCUT2D eigenvalue weighted by molar-refractivity contribution is 5.76. The first kappa shape index (κ1) is 14.3. The SMILES string of the molecule is CCNCCNC(=O)CCc1nc(-c2ccoc2)no1. The molecule has 0 aromatic carbocycles. The summed E-state index contributed by atoms with van der Waals surface area (Å²) in [7, 11) is 0. The predicted molar refractivity (Wildman–Crippen MR) is 71.9 cm³/mol. The van der Waals surface area contributed by atoms with Crippen LogP contribution < -0.4 is 10.6 Å². The second-order valence-electron chi connectivity index (χ2n) is 4.23. The topological polar surface area (TPSA) is 93.2 Å². The van der Waals surface area contributed by atoms with E-state index in [0.717, 1.165) is 18.7 Å². The molecule has 2 heterocycles. The van der Waals surface area contributed by atoms with Crippen molar-refractivity contribution < 1.29 is 13.7 Å². The first-order chi connectivity index (χ1) is 9.79. The molecule has 0 aliphatic heterocycles. The number of nitrogens with zero attached hydrogens (tertiary/aromatic N) is 2. The summed E-state index contributed by atoms with van der Waals surface area (Å²) in [6, 6.07) is 1.75. The van der Waals surface area contributed by atoms with Crippen LogP contribution in [0.5, 0.6) is 0 Å². The zero-order valence-electron chi connectivity index (χ0n) is 11.4. The highest BCUT2D eigenvalue weighted by Gasteiger charge is 2.11. The molecule has 1 amide bonds. The number of furan rings is 1. The molecule has 0 atom stereocenters. The van der Waals surface area contributed by atoms with Gasteiger partial charge in [-0.05, 0) is 12.6 Å². The van der Waals surface area contributed by atoms with Crippen molar-refractivity contribution in [2.75, 3.05) is 19.6 Å². The Labute approximate surface area is 116 Å². The minimum atomic E-state index is -0.0223. The van der Waals surface area contributed by atoms with Gasteiger partial charge in [0, 0.05) is 25.9 Å². The first-order valence-corrected chi connectivity index (χ1v) is 6.62. The third-order valence-electron chi connectivity index (χ3n) is 2.69. The zero-order valence-corrected chi connectivity index (χ0v) is 11.4. The van der Waals surface area contributed by atoms with E-state index in [1.807, 2.05) is 6.92 Å². The highest BCUT2D eigenvalue weighted by Crippen LogP contribution is 2.16. The number of likely N-dealkylation sites (N-methyl/N-ethyl adjacent to an activating group) is 1. The van der Waals surface area contributed by atoms with E-state index in [-0.39, 0.29) is 5.91 Å². The van der Waals surface area contributed by atoms with Crippen molar-refractivity contribution in [2.45, 2.75) is 19.8 Å². The van der Waals surface area contributed by atoms with Gasteiger partial charge in [-0.15, -0.1) is 0 Å². The Hall–Kier alpha value is -2.15. The van der Waals surface area contributed by atoms with E-state index in [1.54, 1.807) is 18.6 Å². The Kier molecular flexibility index (Phi) is 5.31. The Balaban J connectivity index is 1.73. The van der Waals surface area contributed by atoms with Crippen molar-refractivity contribution in [1.29, 1.82) is 0 Å². The summed E-state index contributed by atoms with van der Waals surface area (Å²) in [4.78, 5) is 15.8. The number of carbonyl (C=O) groups excluding carboxylic acids is 1. The van der Waals surface area contributed by atoms with E-state index in [2.05, 4.69) is 20.8 Å². The lowest BCUT2D eigenvalue weighted by atomic mass is 10.3. The molecule has 0 aliphatic carbocycles. The zero-order chi connectivity index (χ0) is 14.2. The molecule has 108 valence electrons. The fourth-order valence-electron chi connectivity index (χ4n) is 1.64. The Morgan fingerprint density at radius 1 is 1.40 bits per heavy atom. The van der Waals surface area contributed by atoms with Gasteiger partial charge in [-0.3, -0.25) is 4.79 Å². The molecule has 7 nitrogen and oxygen atoms in total. The van der Waals surface area contributed by atoms with Crippen LogP contribution in [-0.4, -0.2) is 35.7 Å². The number of nitrogens with one attached hydrogen (secondary N) is 2. The number of hydrogen-bond acceptors (Lipinski definition) is 6. The second kappa shape index (κ2) is 7.44. The third kappa shape index (κ3) is 4.20. The smallest absolute Gasteiger partial charge is 0.227 e. The fraction of sp³-hybridized carbons (Fsp3) is 0.462. The van der Waals surface area contributed by atoms with Crippen molar-refractivity contribution in [2.24, 2.45) is 0 Å². The molecule has 7 heteroatoms. The maximum Gasteiger partial charge on any atom is 0.227 e. The quantitative estimate of drug-likeness (QED) is 0.699. The summed E-state index contributed by atoms with van der Waals surface area (Å²) in [6.07, 6.45) is 3.85. The average Bonchev–Trinajstić information content (AvgIpc) is 3.11. The predicted octanol–water partition coefficient (Wildman–Crippen LogP) is 0.988. The summed E-state index contributed by atoms with van der Waals surface area (Å²) in [5.41, 5.74) is 0.759. The lowest BCUT2D eigenvalue weighted by Gasteiger charge is -2.03. The van der Waals surface area contributed by atoms with Crippen LogP contribution in [-0.2, 0) is 11.2 Å². The van der Waals surface area contributed by atoms with Crippen molar-refractivity contribution in [3.63, 3.8) is 0 Å². The second-order valence-corrected chi connectivity index (χ2v) is 4.23. The van der Waals surface area contributed by atoms with E-state index < -0.39 is 0 Å². The van der Waals surface area contributed by atoms with Crippen LogP contribution in [0.2, 0.25) is 0 Å². The largest absolute Gasteiger partial charge is 0.472 e. The fourth-order valence-corrected chi connectivity index (χ4v) is 1.64. The highest BCUT2D eigenvalue weighted by atomic mass is 16.5. The van der Waals surface area contributed by atoms with Gasteiger partial charge in [0.15, 0.2) is 0 Å². The minimum Gasteiger partial charge on any atom is -0.472 e. The van der Waals surface area contributed by atoms with E-state index in [0.29, 0.717) is 31.1 Å². The number of hydrogen-bond donors (Lipinski definition) is 2. The molecular weight excluding hydrogens is 260 g/mol. The molecule has 2 aromatic heterocycles. The van der Waals surface area contributed by atoms with E-state index in [4.69, 9.17) is 8.94 Å². The van der Waals surface area contributed by atoms with Gasteiger partial charge in [0.1, 0.15) is 6.26 Å². The molecule has 20 heavy (non-hydrogen) atoms. The molecule has 0 radical (unpaired) electrons. The molecule has 0 saturated carbocycles. The van der Waals surface area contributed by atoms with Gasteiger partial charge in [0.25, 0.3) is 0 Å². The number of rotatable bonds is 8. The average molecular weight is 278 g/mol. The van der Waals surface area contributed by atoms with Crippen molar-refractivity contribution in [3.8, 4) is 11.4 Å². The van der Waals surface area contributed by atoms with Crippen LogP contribution in [0.4, 0.5) is 0 Å². The standard InChI is InChI=1S/C13H18N4O3/c1-2-14-6-7-15-11(18)3-4-12-16-13(17-20-12)10-5-8-19-9-10/h5,8-9,14H,2-4,6-7H2,1H3,(H,15,18). The van der Waals surface area contributed by atoms with Crippen molar-refractivity contribution >= 4 is 5.91 Å². The van der Waals surface area contributed by atoms with Crippen LogP contribution in [0.25, 0.3) is 11.4 Å². The summed E-state index contributed by atoms with van der Waals surface area (Å²) in [5, 5.41) is 9.78. The van der Waals surface area contributed by atoms with E-state index in [1.165, 1.54) is 0 Å². The molecule has 2 N–H and O–H groups in total. The van der Waals surface area contributed by atoms with Crippen molar-refractivity contribution in [3.05, 3.63) is 24.5 Å². The van der Waals surface area contributed by atoms with Gasteiger partial charge in [0.2, 0.25) is 17.6 Å². The van der Waals surface area contributed by atoms with E-state index >= 15 is 0 Å². The lowest BCUT2D eigenvalue weighted by Crippen LogP contribution is -2.31. The van der Waals surface area contributed by atoms with Gasteiger partial charge in [-0.25, -0.2) is 0 Å². The maximum atomic E-state index is 11.6. The monoisotopic (exact) mass is 278 g/mol. The van der Waals surface area contributed by atoms with Gasteiger partial charge >= 0.3 is 0 Å². The van der Waals surface area contributed by atoms with E-state index in [9.17, 15) is 4.79 Å². The molecule has 0 fully saturated rings. The maximum absolute atomic E-state index is 11.6. The molecule has 0 aliphatic rings. The molecule has 2 aromatic rings. The van der Waals surface area contributed by atoms with Crippen LogP contribution in [0.3, 0.4) is 0 Å². The molecular formula is C13H18N4O3. The normalized spacial score (nSPS) is 10.7. The first-order valence-electron chi connectivity index (χ1n) is 6.62. The number of aromatic nitrogens is 2. The number of aryl methyl sites for hydroxylation is 1.